The molecule has 6 nitrogen and oxygen atoms in total. The van der Waals surface area contributed by atoms with Crippen LogP contribution >= 0.6 is 23.2 Å². The molecule has 3 atom stereocenters. The quantitative estimate of drug-likeness (QED) is 0.365. The van der Waals surface area contributed by atoms with Gasteiger partial charge in [0, 0.05) is 24.5 Å². The van der Waals surface area contributed by atoms with Crippen LogP contribution in [-0.4, -0.2) is 42.2 Å². The van der Waals surface area contributed by atoms with Crippen molar-refractivity contribution in [3.63, 3.8) is 0 Å². The van der Waals surface area contributed by atoms with E-state index in [1.165, 1.54) is 18.2 Å². The smallest absolute Gasteiger partial charge is 0.229 e. The molecule has 202 valence electrons. The zero-order valence-corrected chi connectivity index (χ0v) is 22.5. The topological polar surface area (TPSA) is 90.5 Å². The van der Waals surface area contributed by atoms with Gasteiger partial charge in [0.1, 0.15) is 5.82 Å². The number of carbonyl (C=O) groups excluding carboxylic acids is 2. The maximum Gasteiger partial charge on any atom is 0.229 e. The number of anilines is 1. The maximum atomic E-state index is 14.7. The van der Waals surface area contributed by atoms with Gasteiger partial charge in [0.2, 0.25) is 12.3 Å². The molecule has 37 heavy (non-hydrogen) atoms. The number of aliphatic hydroxyl groups excluding tert-OH is 1. The number of aliphatic hydroxyl groups is 1. The lowest BCUT2D eigenvalue weighted by Gasteiger charge is -2.30. The van der Waals surface area contributed by atoms with Gasteiger partial charge in [-0.1, -0.05) is 62.2 Å². The highest BCUT2D eigenvalue weighted by Crippen LogP contribution is 2.40. The fourth-order valence-corrected chi connectivity index (χ4v) is 5.14. The lowest BCUT2D eigenvalue weighted by molar-refractivity contribution is -0.120. The Bertz CT molecular complexity index is 1110. The summed E-state index contributed by atoms with van der Waals surface area (Å²) in [6, 6.07) is 9.27. The molecule has 1 saturated carbocycles. The normalized spacial score (nSPS) is 24.9. The first-order chi connectivity index (χ1) is 17.4. The summed E-state index contributed by atoms with van der Waals surface area (Å²) in [4.78, 5) is 23.0. The number of carbonyl (C=O) groups is 2. The first kappa shape index (κ1) is 29.3. The summed E-state index contributed by atoms with van der Waals surface area (Å²) in [6.45, 7) is 6.66. The summed E-state index contributed by atoms with van der Waals surface area (Å²) >= 11 is 11.8. The molecule has 2 amide bonds. The minimum absolute atomic E-state index is 0.00854. The number of rotatable bonds is 6. The third-order valence-corrected chi connectivity index (χ3v) is 7.19. The van der Waals surface area contributed by atoms with Crippen LogP contribution in [0.4, 0.5) is 14.5 Å². The van der Waals surface area contributed by atoms with Crippen molar-refractivity contribution in [3.8, 4) is 0 Å². The predicted octanol–water partition coefficient (Wildman–Crippen LogP) is 5.27. The highest BCUT2D eigenvalue weighted by molar-refractivity contribution is 6.31. The van der Waals surface area contributed by atoms with E-state index in [1.54, 1.807) is 18.2 Å². The van der Waals surface area contributed by atoms with Gasteiger partial charge in [-0.25, -0.2) is 8.78 Å². The van der Waals surface area contributed by atoms with Crippen LogP contribution in [0.25, 0.3) is 0 Å². The molecular weight excluding hydrogens is 523 g/mol. The molecule has 1 aliphatic heterocycles. The second kappa shape index (κ2) is 12.5. The number of benzene rings is 2. The minimum atomic E-state index is -0.689. The summed E-state index contributed by atoms with van der Waals surface area (Å²) in [5, 5.41) is 17.2. The summed E-state index contributed by atoms with van der Waals surface area (Å²) in [7, 11) is 0. The third-order valence-electron chi connectivity index (χ3n) is 6.61. The van der Waals surface area contributed by atoms with E-state index in [0.717, 1.165) is 12.8 Å². The Labute approximate surface area is 226 Å². The Morgan fingerprint density at radius 2 is 1.73 bits per heavy atom. The van der Waals surface area contributed by atoms with E-state index in [2.05, 4.69) is 36.7 Å². The van der Waals surface area contributed by atoms with Crippen molar-refractivity contribution in [2.24, 2.45) is 11.3 Å². The molecule has 2 aromatic carbocycles. The second-order valence-corrected chi connectivity index (χ2v) is 11.6. The van der Waals surface area contributed by atoms with Gasteiger partial charge in [0.05, 0.1) is 27.8 Å². The van der Waals surface area contributed by atoms with Crippen molar-refractivity contribution in [1.82, 2.24) is 10.6 Å². The van der Waals surface area contributed by atoms with E-state index in [9.17, 15) is 18.4 Å². The van der Waals surface area contributed by atoms with Crippen molar-refractivity contribution in [2.75, 3.05) is 11.9 Å². The molecule has 0 bridgehead atoms. The number of hydrogen-bond acceptors (Lipinski definition) is 4. The number of amides is 2. The molecule has 0 spiro atoms. The van der Waals surface area contributed by atoms with E-state index in [0.29, 0.717) is 24.9 Å². The van der Waals surface area contributed by atoms with E-state index in [1.807, 2.05) is 0 Å². The molecule has 2 fully saturated rings. The van der Waals surface area contributed by atoms with Gasteiger partial charge in [-0.2, -0.15) is 0 Å². The van der Waals surface area contributed by atoms with Gasteiger partial charge in [-0.05, 0) is 48.4 Å². The summed E-state index contributed by atoms with van der Waals surface area (Å²) in [5.74, 6) is -2.62. The molecule has 2 aliphatic rings. The van der Waals surface area contributed by atoms with Crippen molar-refractivity contribution in [3.05, 3.63) is 63.6 Å². The first-order valence-corrected chi connectivity index (χ1v) is 13.0. The molecule has 1 aliphatic carbocycles. The van der Waals surface area contributed by atoms with Gasteiger partial charge in [0.15, 0.2) is 5.82 Å². The molecule has 3 unspecified atom stereocenters. The van der Waals surface area contributed by atoms with Crippen molar-refractivity contribution in [1.29, 1.82) is 0 Å². The Morgan fingerprint density at radius 3 is 2.32 bits per heavy atom. The Morgan fingerprint density at radius 1 is 1.11 bits per heavy atom. The van der Waals surface area contributed by atoms with Crippen LogP contribution in [-0.2, 0) is 9.59 Å². The Hall–Kier alpha value is -2.26. The van der Waals surface area contributed by atoms with Gasteiger partial charge in [-0.3, -0.25) is 9.59 Å². The van der Waals surface area contributed by atoms with Gasteiger partial charge in [-0.15, -0.1) is 0 Å². The number of nitrogens with one attached hydrogen (secondary N) is 3. The summed E-state index contributed by atoms with van der Waals surface area (Å²) in [6.07, 6.45) is 2.64. The van der Waals surface area contributed by atoms with E-state index < -0.39 is 23.5 Å². The Balaban J connectivity index is 0.000000405. The van der Waals surface area contributed by atoms with E-state index >= 15 is 0 Å². The van der Waals surface area contributed by atoms with Gasteiger partial charge in [0.25, 0.3) is 0 Å². The number of halogens is 4. The minimum Gasteiger partial charge on any atom is -0.393 e. The lowest BCUT2D eigenvalue weighted by atomic mass is 9.78. The molecule has 1 heterocycles. The lowest BCUT2D eigenvalue weighted by Crippen LogP contribution is -2.43. The second-order valence-electron chi connectivity index (χ2n) is 10.8. The van der Waals surface area contributed by atoms with Crippen LogP contribution < -0.4 is 16.0 Å². The van der Waals surface area contributed by atoms with E-state index in [4.69, 9.17) is 28.3 Å². The predicted molar refractivity (Wildman–Crippen MR) is 142 cm³/mol. The molecule has 1 saturated heterocycles. The van der Waals surface area contributed by atoms with Crippen LogP contribution in [0.5, 0.6) is 0 Å². The molecule has 0 radical (unpaired) electrons. The first-order valence-electron chi connectivity index (χ1n) is 12.2. The van der Waals surface area contributed by atoms with Crippen LogP contribution in [0.3, 0.4) is 0 Å². The average Bonchev–Trinajstić information content (AvgIpc) is 3.20. The van der Waals surface area contributed by atoms with Crippen LogP contribution in [0.2, 0.25) is 10.0 Å². The fourth-order valence-electron chi connectivity index (χ4n) is 4.78. The van der Waals surface area contributed by atoms with Crippen LogP contribution in [0, 0.1) is 23.0 Å². The maximum absolute atomic E-state index is 14.7. The van der Waals surface area contributed by atoms with Gasteiger partial charge < -0.3 is 21.1 Å². The molecule has 4 N–H and O–H groups in total. The summed E-state index contributed by atoms with van der Waals surface area (Å²) in [5.41, 5.74) is 0.335. The zero-order chi connectivity index (χ0) is 27.3. The van der Waals surface area contributed by atoms with Crippen molar-refractivity contribution >= 4 is 41.2 Å². The SMILES string of the molecule is CC(C)(C)CC1NCC(c2cccc(Cl)c2F)C1C(=O)Nc1cccc(Cl)c1F.O=CNC1CC(O)C1. The highest BCUT2D eigenvalue weighted by atomic mass is 35.5. The zero-order valence-electron chi connectivity index (χ0n) is 21.0. The fraction of sp³-hybridized carbons (Fsp3) is 0.481. The molecule has 10 heteroatoms. The molecule has 0 aromatic heterocycles. The molecular formula is C27H33Cl2F2N3O3. The van der Waals surface area contributed by atoms with Gasteiger partial charge >= 0.3 is 0 Å². The van der Waals surface area contributed by atoms with Crippen LogP contribution in [0.1, 0.15) is 51.5 Å². The Kier molecular flexibility index (Phi) is 9.92. The average molecular weight is 556 g/mol. The largest absolute Gasteiger partial charge is 0.393 e. The monoisotopic (exact) mass is 555 g/mol. The van der Waals surface area contributed by atoms with Crippen LogP contribution in [0.15, 0.2) is 36.4 Å². The summed E-state index contributed by atoms with van der Waals surface area (Å²) < 4.78 is 29.0. The van der Waals surface area contributed by atoms with E-state index in [-0.39, 0.29) is 45.2 Å². The standard InChI is InChI=1S/C22H24Cl2F2N2O.C5H9NO2/c1-22(2,3)10-17-18(21(29)28-16-9-5-8-15(24)20(16)26)13(11-27-17)12-6-4-7-14(23)19(12)25;7-3-6-4-1-5(8)2-4/h4-9,13,17-18,27H,10-11H2,1-3H3,(H,28,29);3-5,8H,1-2H2,(H,6,7). The van der Waals surface area contributed by atoms with Crippen molar-refractivity contribution < 1.29 is 23.5 Å². The molecule has 2 aromatic rings. The molecule has 4 rings (SSSR count). The highest BCUT2D eigenvalue weighted by Gasteiger charge is 2.44. The number of hydrogen-bond donors (Lipinski definition) is 4. The van der Waals surface area contributed by atoms with Crippen molar-refractivity contribution in [2.45, 2.75) is 64.1 Å². The third kappa shape index (κ3) is 7.63.